The van der Waals surface area contributed by atoms with Crippen molar-refractivity contribution in [2.75, 3.05) is 20.2 Å². The Morgan fingerprint density at radius 1 is 1.28 bits per heavy atom. The molecule has 2 rings (SSSR count). The van der Waals surface area contributed by atoms with Gasteiger partial charge in [-0.05, 0) is 38.1 Å². The van der Waals surface area contributed by atoms with E-state index in [-0.39, 0.29) is 11.9 Å². The third-order valence-electron chi connectivity index (χ3n) is 4.84. The van der Waals surface area contributed by atoms with Crippen molar-refractivity contribution in [1.29, 1.82) is 0 Å². The summed E-state index contributed by atoms with van der Waals surface area (Å²) >= 11 is 0. The molecule has 1 saturated heterocycles. The molecule has 1 aliphatic carbocycles. The fraction of sp³-hybridized carbons (Fsp3) is 0.933. The molecule has 0 aromatic heterocycles. The molecule has 3 nitrogen and oxygen atoms in total. The highest BCUT2D eigenvalue weighted by atomic mass is 16.5. The molecule has 18 heavy (non-hydrogen) atoms. The lowest BCUT2D eigenvalue weighted by atomic mass is 9.82. The van der Waals surface area contributed by atoms with E-state index >= 15 is 0 Å². The van der Waals surface area contributed by atoms with Crippen LogP contribution in [0, 0.1) is 11.8 Å². The highest BCUT2D eigenvalue weighted by molar-refractivity contribution is 5.72. The van der Waals surface area contributed by atoms with Crippen LogP contribution >= 0.6 is 0 Å². The predicted octanol–water partition coefficient (Wildman–Crippen LogP) is 2.84. The first-order valence-electron chi connectivity index (χ1n) is 7.56. The first-order valence-corrected chi connectivity index (χ1v) is 7.56. The van der Waals surface area contributed by atoms with Crippen LogP contribution in [-0.2, 0) is 9.53 Å². The van der Waals surface area contributed by atoms with Gasteiger partial charge < -0.3 is 4.74 Å². The fourth-order valence-corrected chi connectivity index (χ4v) is 3.66. The van der Waals surface area contributed by atoms with Gasteiger partial charge in [0.1, 0.15) is 0 Å². The number of esters is 1. The smallest absolute Gasteiger partial charge is 0.309 e. The topological polar surface area (TPSA) is 29.5 Å². The summed E-state index contributed by atoms with van der Waals surface area (Å²) in [5, 5.41) is 0. The van der Waals surface area contributed by atoms with Gasteiger partial charge in [-0.3, -0.25) is 9.69 Å². The zero-order valence-electron chi connectivity index (χ0n) is 11.9. The lowest BCUT2D eigenvalue weighted by molar-refractivity contribution is -0.147. The second kappa shape index (κ2) is 6.55. The normalized spacial score (nSPS) is 34.2. The molecule has 3 heteroatoms. The molecule has 2 unspecified atom stereocenters. The molecule has 0 aromatic carbocycles. The summed E-state index contributed by atoms with van der Waals surface area (Å²) in [7, 11) is 1.51. The van der Waals surface area contributed by atoms with Gasteiger partial charge in [0.05, 0.1) is 13.0 Å². The van der Waals surface area contributed by atoms with Gasteiger partial charge >= 0.3 is 5.97 Å². The average molecular weight is 253 g/mol. The molecule has 0 bridgehead atoms. The molecule has 0 amide bonds. The van der Waals surface area contributed by atoms with Crippen molar-refractivity contribution in [3.05, 3.63) is 0 Å². The van der Waals surface area contributed by atoms with Crippen molar-refractivity contribution >= 4 is 5.97 Å². The Balaban J connectivity index is 1.89. The number of carbonyl (C=O) groups excluding carboxylic acids is 1. The third-order valence-corrected chi connectivity index (χ3v) is 4.84. The molecule has 2 fully saturated rings. The van der Waals surface area contributed by atoms with Gasteiger partial charge in [-0.25, -0.2) is 0 Å². The summed E-state index contributed by atoms with van der Waals surface area (Å²) in [5.74, 6) is 1.01. The van der Waals surface area contributed by atoms with E-state index in [1.54, 1.807) is 0 Å². The van der Waals surface area contributed by atoms with E-state index in [1.165, 1.54) is 45.8 Å². The van der Waals surface area contributed by atoms with Crippen LogP contribution in [0.3, 0.4) is 0 Å². The number of hydrogen-bond acceptors (Lipinski definition) is 3. The number of ether oxygens (including phenoxy) is 1. The predicted molar refractivity (Wildman–Crippen MR) is 72.4 cm³/mol. The Hall–Kier alpha value is -0.570. The minimum absolute atomic E-state index is 0.0115. The maximum Gasteiger partial charge on any atom is 0.309 e. The van der Waals surface area contributed by atoms with Crippen molar-refractivity contribution in [3.63, 3.8) is 0 Å². The van der Waals surface area contributed by atoms with Gasteiger partial charge in [0.15, 0.2) is 0 Å². The number of likely N-dealkylation sites (tertiary alicyclic amines) is 1. The lowest BCUT2D eigenvalue weighted by Gasteiger charge is -2.41. The SMILES string of the molecule is CCC1CCCC(N2CCC[C@H](C(=O)OC)C2)C1. The van der Waals surface area contributed by atoms with E-state index in [2.05, 4.69) is 11.8 Å². The number of carbonyl (C=O) groups is 1. The summed E-state index contributed by atoms with van der Waals surface area (Å²) in [6.45, 7) is 4.41. The number of nitrogens with zero attached hydrogens (tertiary/aromatic N) is 1. The van der Waals surface area contributed by atoms with Gasteiger partial charge in [0.25, 0.3) is 0 Å². The van der Waals surface area contributed by atoms with E-state index in [0.29, 0.717) is 0 Å². The van der Waals surface area contributed by atoms with Gasteiger partial charge in [-0.2, -0.15) is 0 Å². The summed E-state index contributed by atoms with van der Waals surface area (Å²) < 4.78 is 4.90. The van der Waals surface area contributed by atoms with E-state index in [1.807, 2.05) is 0 Å². The number of rotatable bonds is 3. The van der Waals surface area contributed by atoms with Crippen LogP contribution < -0.4 is 0 Å². The van der Waals surface area contributed by atoms with Crippen molar-refractivity contribution < 1.29 is 9.53 Å². The van der Waals surface area contributed by atoms with Gasteiger partial charge in [-0.1, -0.05) is 26.2 Å². The number of hydrogen-bond donors (Lipinski definition) is 0. The molecule has 1 aliphatic heterocycles. The maximum absolute atomic E-state index is 11.7. The summed E-state index contributed by atoms with van der Waals surface area (Å²) in [6.07, 6.45) is 8.89. The highest BCUT2D eigenvalue weighted by Crippen LogP contribution is 2.32. The zero-order valence-corrected chi connectivity index (χ0v) is 11.9. The first-order chi connectivity index (χ1) is 8.74. The Kier molecular flexibility index (Phi) is 5.04. The Labute approximate surface area is 111 Å². The number of piperidine rings is 1. The quantitative estimate of drug-likeness (QED) is 0.724. The monoisotopic (exact) mass is 253 g/mol. The average Bonchev–Trinajstić information content (AvgIpc) is 2.46. The van der Waals surface area contributed by atoms with Crippen LogP contribution in [0.25, 0.3) is 0 Å². The Bertz CT molecular complexity index is 280. The van der Waals surface area contributed by atoms with Crippen LogP contribution in [-0.4, -0.2) is 37.1 Å². The molecule has 0 N–H and O–H groups in total. The molecule has 1 heterocycles. The molecule has 3 atom stereocenters. The van der Waals surface area contributed by atoms with Crippen LogP contribution in [0.15, 0.2) is 0 Å². The molecule has 1 saturated carbocycles. The van der Waals surface area contributed by atoms with E-state index in [0.717, 1.165) is 31.3 Å². The molecule has 0 aromatic rings. The lowest BCUT2D eigenvalue weighted by Crippen LogP contribution is -2.46. The standard InChI is InChI=1S/C15H27NO2/c1-3-12-6-4-8-14(10-12)16-9-5-7-13(11-16)15(17)18-2/h12-14H,3-11H2,1-2H3/t12?,13-,14?/m0/s1. The second-order valence-electron chi connectivity index (χ2n) is 5.95. The van der Waals surface area contributed by atoms with Crippen molar-refractivity contribution in [1.82, 2.24) is 4.90 Å². The summed E-state index contributed by atoms with van der Waals surface area (Å²) in [4.78, 5) is 14.2. The van der Waals surface area contributed by atoms with E-state index < -0.39 is 0 Å². The van der Waals surface area contributed by atoms with Crippen molar-refractivity contribution in [2.24, 2.45) is 11.8 Å². The Morgan fingerprint density at radius 2 is 2.11 bits per heavy atom. The third kappa shape index (κ3) is 3.25. The van der Waals surface area contributed by atoms with Crippen LogP contribution in [0.5, 0.6) is 0 Å². The minimum Gasteiger partial charge on any atom is -0.469 e. The van der Waals surface area contributed by atoms with Crippen molar-refractivity contribution in [3.8, 4) is 0 Å². The first kappa shape index (κ1) is 13.9. The molecule has 0 spiro atoms. The maximum atomic E-state index is 11.7. The molecule has 2 aliphatic rings. The minimum atomic E-state index is -0.0115. The molecular weight excluding hydrogens is 226 g/mol. The summed E-state index contributed by atoms with van der Waals surface area (Å²) in [5.41, 5.74) is 0. The second-order valence-corrected chi connectivity index (χ2v) is 5.95. The van der Waals surface area contributed by atoms with Crippen molar-refractivity contribution in [2.45, 2.75) is 57.9 Å². The van der Waals surface area contributed by atoms with Crippen LogP contribution in [0.2, 0.25) is 0 Å². The summed E-state index contributed by atoms with van der Waals surface area (Å²) in [6, 6.07) is 0.719. The molecule has 104 valence electrons. The van der Waals surface area contributed by atoms with Gasteiger partial charge in [-0.15, -0.1) is 0 Å². The van der Waals surface area contributed by atoms with Gasteiger partial charge in [0, 0.05) is 12.6 Å². The van der Waals surface area contributed by atoms with Crippen LogP contribution in [0.1, 0.15) is 51.9 Å². The van der Waals surface area contributed by atoms with Crippen LogP contribution in [0.4, 0.5) is 0 Å². The molecular formula is C15H27NO2. The fourth-order valence-electron chi connectivity index (χ4n) is 3.66. The molecule has 0 radical (unpaired) electrons. The zero-order chi connectivity index (χ0) is 13.0. The number of methoxy groups -OCH3 is 1. The van der Waals surface area contributed by atoms with Gasteiger partial charge in [0.2, 0.25) is 0 Å². The van der Waals surface area contributed by atoms with E-state index in [9.17, 15) is 4.79 Å². The Morgan fingerprint density at radius 3 is 2.83 bits per heavy atom. The highest BCUT2D eigenvalue weighted by Gasteiger charge is 2.32. The van der Waals surface area contributed by atoms with E-state index in [4.69, 9.17) is 4.74 Å². The largest absolute Gasteiger partial charge is 0.469 e.